The highest BCUT2D eigenvalue weighted by atomic mass is 79.9. The van der Waals surface area contributed by atoms with E-state index in [1.807, 2.05) is 13.0 Å². The van der Waals surface area contributed by atoms with E-state index in [4.69, 9.17) is 15.2 Å². The highest BCUT2D eigenvalue weighted by Gasteiger charge is 2.04. The molecule has 0 aliphatic carbocycles. The molecule has 0 saturated heterocycles. The molecule has 0 amide bonds. The van der Waals surface area contributed by atoms with Gasteiger partial charge < -0.3 is 15.2 Å². The third-order valence-corrected chi connectivity index (χ3v) is 2.92. The van der Waals surface area contributed by atoms with Gasteiger partial charge in [0.1, 0.15) is 5.75 Å². The molecule has 3 nitrogen and oxygen atoms in total. The molecule has 1 aromatic carbocycles. The Morgan fingerprint density at radius 1 is 1.35 bits per heavy atom. The van der Waals surface area contributed by atoms with Crippen molar-refractivity contribution in [3.8, 4) is 5.75 Å². The molecule has 0 bridgehead atoms. The molecule has 2 N–H and O–H groups in total. The summed E-state index contributed by atoms with van der Waals surface area (Å²) in [5, 5.41) is 0. The van der Waals surface area contributed by atoms with Crippen LogP contribution in [0.2, 0.25) is 0 Å². The molecule has 17 heavy (non-hydrogen) atoms. The van der Waals surface area contributed by atoms with E-state index in [1.165, 1.54) is 5.56 Å². The number of hydrogen-bond acceptors (Lipinski definition) is 3. The summed E-state index contributed by atoms with van der Waals surface area (Å²) in [6.07, 6.45) is 1.77. The van der Waals surface area contributed by atoms with Gasteiger partial charge in [-0.1, -0.05) is 6.07 Å². The van der Waals surface area contributed by atoms with Gasteiger partial charge in [0, 0.05) is 26.2 Å². The normalized spacial score (nSPS) is 12.5. The molecule has 1 aromatic rings. The number of hydrogen-bond donors (Lipinski definition) is 1. The maximum Gasteiger partial charge on any atom is 0.133 e. The molecule has 0 saturated carbocycles. The average Bonchev–Trinajstić information content (AvgIpc) is 2.26. The van der Waals surface area contributed by atoms with Crippen LogP contribution in [0.5, 0.6) is 5.75 Å². The fraction of sp³-hybridized carbons (Fsp3) is 0.538. The second-order valence-corrected chi connectivity index (χ2v) is 5.00. The number of benzene rings is 1. The lowest BCUT2D eigenvalue weighted by molar-refractivity contribution is 0.172. The van der Waals surface area contributed by atoms with Crippen molar-refractivity contribution in [2.45, 2.75) is 25.8 Å². The van der Waals surface area contributed by atoms with Gasteiger partial charge in [0.05, 0.1) is 11.1 Å². The van der Waals surface area contributed by atoms with Gasteiger partial charge >= 0.3 is 0 Å². The van der Waals surface area contributed by atoms with Crippen LogP contribution in [-0.4, -0.2) is 26.4 Å². The summed E-state index contributed by atoms with van der Waals surface area (Å²) in [5.41, 5.74) is 6.98. The van der Waals surface area contributed by atoms with Gasteiger partial charge in [-0.05, 0) is 47.0 Å². The summed E-state index contributed by atoms with van der Waals surface area (Å²) in [7, 11) is 1.69. The highest BCUT2D eigenvalue weighted by Crippen LogP contribution is 2.26. The topological polar surface area (TPSA) is 44.5 Å². The molecule has 0 radical (unpaired) electrons. The minimum atomic E-state index is 0.176. The van der Waals surface area contributed by atoms with Crippen LogP contribution in [0.3, 0.4) is 0 Å². The molecule has 0 aromatic heterocycles. The van der Waals surface area contributed by atoms with E-state index in [1.54, 1.807) is 7.11 Å². The van der Waals surface area contributed by atoms with Gasteiger partial charge in [-0.2, -0.15) is 0 Å². The quantitative estimate of drug-likeness (QED) is 0.788. The van der Waals surface area contributed by atoms with Crippen molar-refractivity contribution in [3.63, 3.8) is 0 Å². The first kappa shape index (κ1) is 14.5. The first-order chi connectivity index (χ1) is 8.13. The number of rotatable bonds is 7. The van der Waals surface area contributed by atoms with E-state index >= 15 is 0 Å². The zero-order valence-electron chi connectivity index (χ0n) is 10.4. The lowest BCUT2D eigenvalue weighted by atomic mass is 10.1. The van der Waals surface area contributed by atoms with Crippen LogP contribution < -0.4 is 10.5 Å². The molecule has 0 aliphatic rings. The predicted octanol–water partition coefficient (Wildman–Crippen LogP) is 2.75. The van der Waals surface area contributed by atoms with Crippen LogP contribution in [0.25, 0.3) is 0 Å². The van der Waals surface area contributed by atoms with Crippen LogP contribution in [-0.2, 0) is 11.2 Å². The monoisotopic (exact) mass is 301 g/mol. The van der Waals surface area contributed by atoms with Gasteiger partial charge in [-0.3, -0.25) is 0 Å². The summed E-state index contributed by atoms with van der Waals surface area (Å²) in [6.45, 7) is 3.39. The lowest BCUT2D eigenvalue weighted by Gasteiger charge is -2.10. The van der Waals surface area contributed by atoms with Crippen molar-refractivity contribution in [2.24, 2.45) is 5.73 Å². The van der Waals surface area contributed by atoms with Crippen LogP contribution in [0.15, 0.2) is 22.7 Å². The second-order valence-electron chi connectivity index (χ2n) is 4.14. The lowest BCUT2D eigenvalue weighted by Crippen LogP contribution is -2.17. The maximum absolute atomic E-state index is 5.77. The minimum Gasteiger partial charge on any atom is -0.492 e. The van der Waals surface area contributed by atoms with Crippen LogP contribution >= 0.6 is 15.9 Å². The smallest absolute Gasteiger partial charge is 0.133 e. The van der Waals surface area contributed by atoms with Crippen LogP contribution in [0.4, 0.5) is 0 Å². The number of halogens is 1. The number of methoxy groups -OCH3 is 1. The van der Waals surface area contributed by atoms with E-state index in [2.05, 4.69) is 28.1 Å². The van der Waals surface area contributed by atoms with Crippen LogP contribution in [0, 0.1) is 0 Å². The molecule has 4 heteroatoms. The van der Waals surface area contributed by atoms with Crippen molar-refractivity contribution < 1.29 is 9.47 Å². The molecule has 0 heterocycles. The Labute approximate surface area is 111 Å². The standard InChI is InChI=1S/C13H20BrNO2/c1-10(15)8-11-4-5-13(12(14)9-11)17-7-3-6-16-2/h4-5,9-10H,3,6-8,15H2,1-2H3. The Kier molecular flexibility index (Phi) is 6.55. The first-order valence-corrected chi connectivity index (χ1v) is 6.58. The molecule has 0 fully saturated rings. The van der Waals surface area contributed by atoms with Crippen molar-refractivity contribution in [3.05, 3.63) is 28.2 Å². The largest absolute Gasteiger partial charge is 0.492 e. The SMILES string of the molecule is COCCCOc1ccc(CC(C)N)cc1Br. The maximum atomic E-state index is 5.77. The molecular weight excluding hydrogens is 282 g/mol. The Hall–Kier alpha value is -0.580. The summed E-state index contributed by atoms with van der Waals surface area (Å²) in [4.78, 5) is 0. The Balaban J connectivity index is 2.51. The zero-order chi connectivity index (χ0) is 12.7. The fourth-order valence-corrected chi connectivity index (χ4v) is 2.09. The molecule has 0 aliphatic heterocycles. The molecule has 96 valence electrons. The molecule has 1 atom stereocenters. The molecular formula is C13H20BrNO2. The third-order valence-electron chi connectivity index (χ3n) is 2.30. The first-order valence-electron chi connectivity index (χ1n) is 5.79. The third kappa shape index (κ3) is 5.52. The Morgan fingerprint density at radius 2 is 2.12 bits per heavy atom. The summed E-state index contributed by atoms with van der Waals surface area (Å²) in [6, 6.07) is 6.28. The van der Waals surface area contributed by atoms with E-state index in [-0.39, 0.29) is 6.04 Å². The van der Waals surface area contributed by atoms with Crippen molar-refractivity contribution in [1.82, 2.24) is 0 Å². The molecule has 1 rings (SSSR count). The predicted molar refractivity (Wildman–Crippen MR) is 73.5 cm³/mol. The number of ether oxygens (including phenoxy) is 2. The van der Waals surface area contributed by atoms with Crippen molar-refractivity contribution in [2.75, 3.05) is 20.3 Å². The van der Waals surface area contributed by atoms with Gasteiger partial charge in [0.25, 0.3) is 0 Å². The fourth-order valence-electron chi connectivity index (χ4n) is 1.55. The molecule has 0 spiro atoms. The Bertz CT molecular complexity index is 342. The van der Waals surface area contributed by atoms with Crippen molar-refractivity contribution in [1.29, 1.82) is 0 Å². The minimum absolute atomic E-state index is 0.176. The van der Waals surface area contributed by atoms with Crippen molar-refractivity contribution >= 4 is 15.9 Å². The molecule has 1 unspecified atom stereocenters. The van der Waals surface area contributed by atoms with E-state index < -0.39 is 0 Å². The van der Waals surface area contributed by atoms with Gasteiger partial charge in [0.2, 0.25) is 0 Å². The highest BCUT2D eigenvalue weighted by molar-refractivity contribution is 9.10. The van der Waals surface area contributed by atoms with Gasteiger partial charge in [-0.15, -0.1) is 0 Å². The van der Waals surface area contributed by atoms with E-state index in [9.17, 15) is 0 Å². The van der Waals surface area contributed by atoms with Gasteiger partial charge in [-0.25, -0.2) is 0 Å². The summed E-state index contributed by atoms with van der Waals surface area (Å²) >= 11 is 3.51. The van der Waals surface area contributed by atoms with E-state index in [0.717, 1.165) is 29.7 Å². The van der Waals surface area contributed by atoms with Gasteiger partial charge in [0.15, 0.2) is 0 Å². The van der Waals surface area contributed by atoms with E-state index in [0.29, 0.717) is 6.61 Å². The van der Waals surface area contributed by atoms with Crippen LogP contribution in [0.1, 0.15) is 18.9 Å². The number of nitrogens with two attached hydrogens (primary N) is 1. The zero-order valence-corrected chi connectivity index (χ0v) is 12.0. The summed E-state index contributed by atoms with van der Waals surface area (Å²) < 4.78 is 11.6. The Morgan fingerprint density at radius 3 is 2.71 bits per heavy atom. The second kappa shape index (κ2) is 7.69. The summed E-state index contributed by atoms with van der Waals surface area (Å²) in [5.74, 6) is 0.870. The average molecular weight is 302 g/mol.